The minimum atomic E-state index is -0.959. The molecule has 1 unspecified atom stereocenters. The van der Waals surface area contributed by atoms with Crippen LogP contribution in [0.15, 0.2) is 24.3 Å². The maximum atomic E-state index is 10.7. The Morgan fingerprint density at radius 3 is 2.26 bits per heavy atom. The van der Waals surface area contributed by atoms with E-state index in [2.05, 4.69) is 38.1 Å². The lowest BCUT2D eigenvalue weighted by Crippen LogP contribution is -2.40. The number of nitrogens with two attached hydrogens (primary N) is 1. The molecule has 1 rings (SSSR count). The van der Waals surface area contributed by atoms with E-state index in [1.807, 2.05) is 11.9 Å². The summed E-state index contributed by atoms with van der Waals surface area (Å²) in [6, 6.07) is 7.65. The van der Waals surface area contributed by atoms with Crippen LogP contribution >= 0.6 is 0 Å². The van der Waals surface area contributed by atoms with Crippen LogP contribution in [-0.2, 0) is 17.8 Å². The zero-order chi connectivity index (χ0) is 14.4. The smallest absolute Gasteiger partial charge is 0.321 e. The second-order valence-electron chi connectivity index (χ2n) is 5.56. The van der Waals surface area contributed by atoms with Crippen molar-refractivity contribution in [2.24, 2.45) is 11.7 Å². The number of carbonyl (C=O) groups is 1. The molecule has 1 aromatic carbocycles. The van der Waals surface area contributed by atoms with Crippen molar-refractivity contribution < 1.29 is 9.90 Å². The third-order valence-corrected chi connectivity index (χ3v) is 2.94. The molecule has 4 nitrogen and oxygen atoms in total. The first kappa shape index (κ1) is 15.7. The zero-order valence-electron chi connectivity index (χ0n) is 12.0. The number of hydrogen-bond acceptors (Lipinski definition) is 3. The molecular formula is C15H24N2O2. The summed E-state index contributed by atoms with van der Waals surface area (Å²) in [6.45, 7) is 5.47. The molecule has 4 heteroatoms. The van der Waals surface area contributed by atoms with E-state index in [4.69, 9.17) is 10.8 Å². The summed E-state index contributed by atoms with van der Waals surface area (Å²) in [5.74, 6) is -0.304. The molecule has 0 bridgehead atoms. The second kappa shape index (κ2) is 7.26. The highest BCUT2D eigenvalue weighted by molar-refractivity contribution is 5.73. The van der Waals surface area contributed by atoms with Crippen LogP contribution in [0.2, 0.25) is 0 Å². The fourth-order valence-electron chi connectivity index (χ4n) is 2.04. The maximum absolute atomic E-state index is 10.7. The van der Waals surface area contributed by atoms with Gasteiger partial charge in [0.1, 0.15) is 6.04 Å². The van der Waals surface area contributed by atoms with Gasteiger partial charge in [-0.1, -0.05) is 38.1 Å². The molecule has 0 aliphatic heterocycles. The fraction of sp³-hybridized carbons (Fsp3) is 0.533. The standard InChI is InChI=1S/C15H24N2O2/c1-11(2)8-12-4-6-13(7-5-12)9-17(3)10-14(16)15(18)19/h4-7,11,14H,8-10,16H2,1-3H3,(H,18,19). The molecule has 0 spiro atoms. The maximum Gasteiger partial charge on any atom is 0.321 e. The molecular weight excluding hydrogens is 240 g/mol. The summed E-state index contributed by atoms with van der Waals surface area (Å²) in [5.41, 5.74) is 8.02. The van der Waals surface area contributed by atoms with E-state index in [-0.39, 0.29) is 0 Å². The molecule has 0 amide bonds. The van der Waals surface area contributed by atoms with Gasteiger partial charge in [-0.05, 0) is 30.5 Å². The van der Waals surface area contributed by atoms with Crippen molar-refractivity contribution in [3.63, 3.8) is 0 Å². The first-order valence-electron chi connectivity index (χ1n) is 6.63. The van der Waals surface area contributed by atoms with Crippen LogP contribution < -0.4 is 5.73 Å². The molecule has 0 aromatic heterocycles. The molecule has 0 fully saturated rings. The number of benzene rings is 1. The summed E-state index contributed by atoms with van der Waals surface area (Å²) < 4.78 is 0. The van der Waals surface area contributed by atoms with Crippen LogP contribution in [0.3, 0.4) is 0 Å². The SMILES string of the molecule is CC(C)Cc1ccc(CN(C)CC(N)C(=O)O)cc1. The van der Waals surface area contributed by atoms with Gasteiger partial charge in [0.25, 0.3) is 0 Å². The van der Waals surface area contributed by atoms with Crippen LogP contribution in [-0.4, -0.2) is 35.6 Å². The number of nitrogens with zero attached hydrogens (tertiary/aromatic N) is 1. The van der Waals surface area contributed by atoms with Gasteiger partial charge >= 0.3 is 5.97 Å². The van der Waals surface area contributed by atoms with E-state index in [0.29, 0.717) is 19.0 Å². The van der Waals surface area contributed by atoms with Crippen molar-refractivity contribution in [3.8, 4) is 0 Å². The molecule has 0 radical (unpaired) electrons. The number of hydrogen-bond donors (Lipinski definition) is 2. The quantitative estimate of drug-likeness (QED) is 0.787. The Morgan fingerprint density at radius 1 is 1.26 bits per heavy atom. The lowest BCUT2D eigenvalue weighted by Gasteiger charge is -2.19. The van der Waals surface area contributed by atoms with Crippen molar-refractivity contribution >= 4 is 5.97 Å². The predicted molar refractivity (Wildman–Crippen MR) is 76.9 cm³/mol. The van der Waals surface area contributed by atoms with E-state index < -0.39 is 12.0 Å². The fourth-order valence-corrected chi connectivity index (χ4v) is 2.04. The van der Waals surface area contributed by atoms with E-state index in [1.54, 1.807) is 0 Å². The van der Waals surface area contributed by atoms with Crippen LogP contribution in [0.25, 0.3) is 0 Å². The highest BCUT2D eigenvalue weighted by atomic mass is 16.4. The van der Waals surface area contributed by atoms with E-state index in [9.17, 15) is 4.79 Å². The molecule has 0 saturated carbocycles. The first-order chi connectivity index (χ1) is 8.88. The summed E-state index contributed by atoms with van der Waals surface area (Å²) in [6.07, 6.45) is 1.08. The Bertz CT molecular complexity index is 401. The molecule has 0 aliphatic carbocycles. The van der Waals surface area contributed by atoms with Gasteiger partial charge in [-0.2, -0.15) is 0 Å². The van der Waals surface area contributed by atoms with Gasteiger partial charge in [0, 0.05) is 13.1 Å². The third-order valence-electron chi connectivity index (χ3n) is 2.94. The predicted octanol–water partition coefficient (Wildman–Crippen LogP) is 1.73. The number of carboxylic acids is 1. The highest BCUT2D eigenvalue weighted by Crippen LogP contribution is 2.11. The summed E-state index contributed by atoms with van der Waals surface area (Å²) in [7, 11) is 1.88. The highest BCUT2D eigenvalue weighted by Gasteiger charge is 2.14. The summed E-state index contributed by atoms with van der Waals surface area (Å²) in [5, 5.41) is 8.77. The van der Waals surface area contributed by atoms with Crippen molar-refractivity contribution in [2.45, 2.75) is 32.9 Å². The van der Waals surface area contributed by atoms with Crippen LogP contribution in [0.1, 0.15) is 25.0 Å². The Kier molecular flexibility index (Phi) is 5.99. The Labute approximate surface area is 115 Å². The second-order valence-corrected chi connectivity index (χ2v) is 5.56. The third kappa shape index (κ3) is 5.85. The lowest BCUT2D eigenvalue weighted by atomic mass is 10.0. The van der Waals surface area contributed by atoms with Gasteiger partial charge in [-0.3, -0.25) is 9.69 Å². The average molecular weight is 264 g/mol. The van der Waals surface area contributed by atoms with Gasteiger partial charge in [-0.15, -0.1) is 0 Å². The van der Waals surface area contributed by atoms with E-state index in [0.717, 1.165) is 6.42 Å². The number of carboxylic acid groups (broad SMARTS) is 1. The Hall–Kier alpha value is -1.39. The Morgan fingerprint density at radius 2 is 1.79 bits per heavy atom. The summed E-state index contributed by atoms with van der Waals surface area (Å²) >= 11 is 0. The molecule has 1 aromatic rings. The van der Waals surface area contributed by atoms with Gasteiger partial charge < -0.3 is 10.8 Å². The molecule has 0 heterocycles. The van der Waals surface area contributed by atoms with Crippen molar-refractivity contribution in [1.29, 1.82) is 0 Å². The van der Waals surface area contributed by atoms with Gasteiger partial charge in [-0.25, -0.2) is 0 Å². The Balaban J connectivity index is 2.50. The zero-order valence-corrected chi connectivity index (χ0v) is 12.0. The molecule has 0 aliphatic rings. The largest absolute Gasteiger partial charge is 0.480 e. The van der Waals surface area contributed by atoms with E-state index in [1.165, 1.54) is 11.1 Å². The van der Waals surface area contributed by atoms with Crippen LogP contribution in [0.5, 0.6) is 0 Å². The van der Waals surface area contributed by atoms with Crippen molar-refractivity contribution in [3.05, 3.63) is 35.4 Å². The van der Waals surface area contributed by atoms with Gasteiger partial charge in [0.05, 0.1) is 0 Å². The van der Waals surface area contributed by atoms with Crippen LogP contribution in [0.4, 0.5) is 0 Å². The van der Waals surface area contributed by atoms with Gasteiger partial charge in [0.2, 0.25) is 0 Å². The average Bonchev–Trinajstić information content (AvgIpc) is 2.30. The topological polar surface area (TPSA) is 66.6 Å². The number of rotatable bonds is 7. The molecule has 0 saturated heterocycles. The minimum absolute atomic E-state index is 0.350. The van der Waals surface area contributed by atoms with Crippen LogP contribution in [0, 0.1) is 5.92 Å². The molecule has 106 valence electrons. The first-order valence-corrected chi connectivity index (χ1v) is 6.63. The van der Waals surface area contributed by atoms with Crippen molar-refractivity contribution in [1.82, 2.24) is 4.90 Å². The normalized spacial score (nSPS) is 12.9. The molecule has 19 heavy (non-hydrogen) atoms. The molecule has 1 atom stereocenters. The van der Waals surface area contributed by atoms with Gasteiger partial charge in [0.15, 0.2) is 0 Å². The number of likely N-dealkylation sites (N-methyl/N-ethyl adjacent to an activating group) is 1. The monoisotopic (exact) mass is 264 g/mol. The minimum Gasteiger partial charge on any atom is -0.480 e. The van der Waals surface area contributed by atoms with E-state index >= 15 is 0 Å². The molecule has 3 N–H and O–H groups in total. The summed E-state index contributed by atoms with van der Waals surface area (Å²) in [4.78, 5) is 12.6. The lowest BCUT2D eigenvalue weighted by molar-refractivity contribution is -0.138. The van der Waals surface area contributed by atoms with Crippen molar-refractivity contribution in [2.75, 3.05) is 13.6 Å². The number of aliphatic carboxylic acids is 1.